The molecule has 0 fully saturated rings. The Balaban J connectivity index is 2.51. The average Bonchev–Trinajstić information content (AvgIpc) is 2.53. The summed E-state index contributed by atoms with van der Waals surface area (Å²) in [7, 11) is 0. The molecule has 0 amide bonds. The number of rotatable bonds is 0. The van der Waals surface area contributed by atoms with Crippen LogP contribution in [0.3, 0.4) is 0 Å². The fourth-order valence-corrected chi connectivity index (χ4v) is 2.93. The number of hydrogen-bond donors (Lipinski definition) is 1. The molecule has 2 nitrogen and oxygen atoms in total. The van der Waals surface area contributed by atoms with E-state index in [1.165, 1.54) is 15.5 Å². The minimum Gasteiger partial charge on any atom is -0.399 e. The van der Waals surface area contributed by atoms with Gasteiger partial charge in [-0.05, 0) is 31.2 Å². The van der Waals surface area contributed by atoms with E-state index in [4.69, 9.17) is 5.73 Å². The van der Waals surface area contributed by atoms with Crippen molar-refractivity contribution in [2.45, 2.75) is 6.92 Å². The Kier molecular flexibility index (Phi) is 1.70. The highest BCUT2D eigenvalue weighted by Gasteiger charge is 2.05. The lowest BCUT2D eigenvalue weighted by Gasteiger charge is -1.93. The van der Waals surface area contributed by atoms with Crippen molar-refractivity contribution in [2.75, 3.05) is 5.73 Å². The summed E-state index contributed by atoms with van der Waals surface area (Å²) in [6.45, 7) is 2.01. The third-order valence-electron chi connectivity index (χ3n) is 2.50. The summed E-state index contributed by atoms with van der Waals surface area (Å²) in [6, 6.07) is 10.2. The monoisotopic (exact) mass is 214 g/mol. The van der Waals surface area contributed by atoms with Crippen LogP contribution in [0.15, 0.2) is 30.3 Å². The van der Waals surface area contributed by atoms with Crippen LogP contribution >= 0.6 is 11.3 Å². The smallest absolute Gasteiger partial charge is 0.124 e. The number of aryl methyl sites for hydroxylation is 1. The maximum atomic E-state index is 5.76. The molecule has 0 spiro atoms. The predicted octanol–water partition coefficient (Wildman–Crippen LogP) is 3.34. The predicted molar refractivity (Wildman–Crippen MR) is 66.3 cm³/mol. The summed E-state index contributed by atoms with van der Waals surface area (Å²) in [6.07, 6.45) is 0. The van der Waals surface area contributed by atoms with Crippen molar-refractivity contribution in [3.8, 4) is 0 Å². The summed E-state index contributed by atoms with van der Waals surface area (Å²) in [4.78, 5) is 5.61. The number of aromatic nitrogens is 1. The number of nitrogens with zero attached hydrogens (tertiary/aromatic N) is 1. The topological polar surface area (TPSA) is 38.9 Å². The summed E-state index contributed by atoms with van der Waals surface area (Å²) in [5.74, 6) is 0. The molecule has 2 N–H and O–H groups in total. The maximum absolute atomic E-state index is 5.76. The van der Waals surface area contributed by atoms with Gasteiger partial charge in [-0.15, -0.1) is 11.3 Å². The largest absolute Gasteiger partial charge is 0.399 e. The fraction of sp³-hybridized carbons (Fsp3) is 0.0833. The maximum Gasteiger partial charge on any atom is 0.124 e. The highest BCUT2D eigenvalue weighted by molar-refractivity contribution is 7.25. The number of pyridine rings is 1. The molecule has 3 aromatic rings. The van der Waals surface area contributed by atoms with Crippen LogP contribution in [0.5, 0.6) is 0 Å². The van der Waals surface area contributed by atoms with Gasteiger partial charge in [-0.3, -0.25) is 0 Å². The number of benzene rings is 1. The fourth-order valence-electron chi connectivity index (χ4n) is 1.77. The third kappa shape index (κ3) is 1.27. The zero-order chi connectivity index (χ0) is 10.4. The standard InChI is InChI=1S/C12H10N2S/c1-7-2-4-10-9-5-3-8(13)6-11(9)15-12(10)14-7/h2-6H,13H2,1H3. The first-order chi connectivity index (χ1) is 7.24. The molecule has 0 saturated heterocycles. The molecule has 0 saturated carbocycles. The number of thiophene rings is 1. The minimum absolute atomic E-state index is 0.811. The number of fused-ring (bicyclic) bond motifs is 3. The Labute approximate surface area is 91.4 Å². The molecular formula is C12H10N2S. The van der Waals surface area contributed by atoms with Crippen LogP contribution in [0.1, 0.15) is 5.69 Å². The second kappa shape index (κ2) is 2.94. The minimum atomic E-state index is 0.811. The van der Waals surface area contributed by atoms with Crippen LogP contribution in [-0.2, 0) is 0 Å². The summed E-state index contributed by atoms with van der Waals surface area (Å²) in [5, 5.41) is 2.47. The average molecular weight is 214 g/mol. The molecule has 74 valence electrons. The molecule has 0 atom stereocenters. The Morgan fingerprint density at radius 1 is 1.13 bits per heavy atom. The second-order valence-corrected chi connectivity index (χ2v) is 4.69. The van der Waals surface area contributed by atoms with Crippen LogP contribution in [0.4, 0.5) is 5.69 Å². The number of hydrogen-bond acceptors (Lipinski definition) is 3. The van der Waals surface area contributed by atoms with Crippen LogP contribution in [0.25, 0.3) is 20.3 Å². The summed E-state index contributed by atoms with van der Waals surface area (Å²) in [5.41, 5.74) is 7.63. The van der Waals surface area contributed by atoms with Gasteiger partial charge in [-0.2, -0.15) is 0 Å². The van der Waals surface area contributed by atoms with Gasteiger partial charge >= 0.3 is 0 Å². The van der Waals surface area contributed by atoms with Crippen LogP contribution in [-0.4, -0.2) is 4.98 Å². The molecule has 15 heavy (non-hydrogen) atoms. The molecule has 3 heteroatoms. The zero-order valence-electron chi connectivity index (χ0n) is 8.32. The Morgan fingerprint density at radius 2 is 1.93 bits per heavy atom. The van der Waals surface area contributed by atoms with Gasteiger partial charge in [0.15, 0.2) is 0 Å². The molecule has 0 radical (unpaired) electrons. The van der Waals surface area contributed by atoms with Gasteiger partial charge in [-0.1, -0.05) is 6.07 Å². The SMILES string of the molecule is Cc1ccc2c(n1)sc1cc(N)ccc12. The lowest BCUT2D eigenvalue weighted by atomic mass is 10.2. The van der Waals surface area contributed by atoms with E-state index in [-0.39, 0.29) is 0 Å². The molecule has 2 aromatic heterocycles. The van der Waals surface area contributed by atoms with Crippen molar-refractivity contribution in [1.29, 1.82) is 0 Å². The quantitative estimate of drug-likeness (QED) is 0.583. The van der Waals surface area contributed by atoms with Gasteiger partial charge in [0.1, 0.15) is 4.83 Å². The first kappa shape index (κ1) is 8.68. The van der Waals surface area contributed by atoms with Gasteiger partial charge < -0.3 is 5.73 Å². The van der Waals surface area contributed by atoms with E-state index in [1.807, 2.05) is 25.1 Å². The van der Waals surface area contributed by atoms with E-state index in [2.05, 4.69) is 17.1 Å². The Hall–Kier alpha value is -1.61. The first-order valence-electron chi connectivity index (χ1n) is 4.79. The number of nitrogen functional groups attached to an aromatic ring is 1. The van der Waals surface area contributed by atoms with Gasteiger partial charge in [0.2, 0.25) is 0 Å². The normalized spacial score (nSPS) is 11.3. The summed E-state index contributed by atoms with van der Waals surface area (Å²) < 4.78 is 1.21. The third-order valence-corrected chi connectivity index (χ3v) is 3.56. The van der Waals surface area contributed by atoms with Crippen molar-refractivity contribution in [2.24, 2.45) is 0 Å². The molecule has 0 aliphatic rings. The molecule has 0 unspecified atom stereocenters. The van der Waals surface area contributed by atoms with Crippen LogP contribution in [0, 0.1) is 6.92 Å². The Morgan fingerprint density at radius 3 is 2.80 bits per heavy atom. The van der Waals surface area contributed by atoms with Gasteiger partial charge in [-0.25, -0.2) is 4.98 Å². The van der Waals surface area contributed by atoms with Crippen molar-refractivity contribution in [3.05, 3.63) is 36.0 Å². The van der Waals surface area contributed by atoms with E-state index in [9.17, 15) is 0 Å². The highest BCUT2D eigenvalue weighted by Crippen LogP contribution is 2.33. The number of nitrogens with two attached hydrogens (primary N) is 1. The van der Waals surface area contributed by atoms with Gasteiger partial charge in [0, 0.05) is 26.9 Å². The van der Waals surface area contributed by atoms with E-state index in [0.717, 1.165) is 16.2 Å². The van der Waals surface area contributed by atoms with Crippen molar-refractivity contribution in [3.63, 3.8) is 0 Å². The highest BCUT2D eigenvalue weighted by atomic mass is 32.1. The van der Waals surface area contributed by atoms with Crippen molar-refractivity contribution >= 4 is 37.3 Å². The molecular weight excluding hydrogens is 204 g/mol. The zero-order valence-corrected chi connectivity index (χ0v) is 9.14. The van der Waals surface area contributed by atoms with Crippen LogP contribution in [0.2, 0.25) is 0 Å². The first-order valence-corrected chi connectivity index (χ1v) is 5.61. The van der Waals surface area contributed by atoms with Crippen molar-refractivity contribution in [1.82, 2.24) is 4.98 Å². The van der Waals surface area contributed by atoms with Gasteiger partial charge in [0.05, 0.1) is 0 Å². The van der Waals surface area contributed by atoms with Crippen LogP contribution < -0.4 is 5.73 Å². The lowest BCUT2D eigenvalue weighted by molar-refractivity contribution is 1.27. The molecule has 0 aliphatic heterocycles. The molecule has 0 aliphatic carbocycles. The molecule has 3 rings (SSSR count). The lowest BCUT2D eigenvalue weighted by Crippen LogP contribution is -1.81. The van der Waals surface area contributed by atoms with E-state index < -0.39 is 0 Å². The second-order valence-electron chi connectivity index (χ2n) is 3.66. The number of anilines is 1. The van der Waals surface area contributed by atoms with E-state index >= 15 is 0 Å². The van der Waals surface area contributed by atoms with Gasteiger partial charge in [0.25, 0.3) is 0 Å². The molecule has 0 bridgehead atoms. The van der Waals surface area contributed by atoms with Crippen molar-refractivity contribution < 1.29 is 0 Å². The van der Waals surface area contributed by atoms with E-state index in [0.29, 0.717) is 0 Å². The Bertz CT molecular complexity index is 599. The van der Waals surface area contributed by atoms with E-state index in [1.54, 1.807) is 11.3 Å². The molecule has 2 heterocycles. The molecule has 1 aromatic carbocycles. The summed E-state index contributed by atoms with van der Waals surface area (Å²) >= 11 is 1.70.